The Morgan fingerprint density at radius 2 is 1.92 bits per heavy atom. The molecule has 0 aliphatic heterocycles. The average Bonchev–Trinajstić information content (AvgIpc) is 2.20. The molecule has 0 bridgehead atoms. The maximum Gasteiger partial charge on any atom is 0.586 e. The van der Waals surface area contributed by atoms with Gasteiger partial charge in [0.15, 0.2) is 0 Å². The minimum atomic E-state index is 0.880. The summed E-state index contributed by atoms with van der Waals surface area (Å²) in [7, 11) is 5.73. The molecule has 0 saturated carbocycles. The van der Waals surface area contributed by atoms with Crippen LogP contribution in [0, 0.1) is 0 Å². The van der Waals surface area contributed by atoms with Gasteiger partial charge >= 0.3 is 7.98 Å². The van der Waals surface area contributed by atoms with E-state index in [0.717, 1.165) is 11.4 Å². The molecule has 0 aliphatic carbocycles. The molecule has 3 heteroatoms. The van der Waals surface area contributed by atoms with E-state index in [4.69, 9.17) is 7.98 Å². The van der Waals surface area contributed by atoms with Gasteiger partial charge in [-0.05, 0) is 24.3 Å². The van der Waals surface area contributed by atoms with Crippen molar-refractivity contribution in [3.63, 3.8) is 0 Å². The van der Waals surface area contributed by atoms with Crippen LogP contribution in [0.15, 0.2) is 48.8 Å². The molecule has 2 radical (unpaired) electrons. The second kappa shape index (κ2) is 3.39. The summed E-state index contributed by atoms with van der Waals surface area (Å²) < 4.78 is 1.56. The zero-order valence-corrected chi connectivity index (χ0v) is 7.09. The molecule has 0 atom stereocenters. The van der Waals surface area contributed by atoms with Gasteiger partial charge in [0.2, 0.25) is 5.69 Å². The van der Waals surface area contributed by atoms with Crippen molar-refractivity contribution in [1.82, 2.24) is 4.98 Å². The van der Waals surface area contributed by atoms with Crippen molar-refractivity contribution in [2.24, 2.45) is 0 Å². The normalized spacial score (nSPS) is 9.85. The predicted molar refractivity (Wildman–Crippen MR) is 51.0 cm³/mol. The van der Waals surface area contributed by atoms with Crippen LogP contribution in [-0.4, -0.2) is 13.0 Å². The molecule has 0 unspecified atom stereocenters. The lowest BCUT2D eigenvalue weighted by Gasteiger charge is -1.97. The third-order valence-corrected chi connectivity index (χ3v) is 1.82. The summed E-state index contributed by atoms with van der Waals surface area (Å²) in [4.78, 5) is 4.21. The van der Waals surface area contributed by atoms with E-state index in [9.17, 15) is 0 Å². The van der Waals surface area contributed by atoms with Gasteiger partial charge in [0, 0.05) is 12.3 Å². The Balaban J connectivity index is 2.54. The molecule has 0 N–H and O–H groups in total. The Morgan fingerprint density at radius 3 is 2.62 bits per heavy atom. The predicted octanol–water partition coefficient (Wildman–Crippen LogP) is 0.968. The van der Waals surface area contributed by atoms with Crippen LogP contribution in [0.1, 0.15) is 0 Å². The van der Waals surface area contributed by atoms with Crippen molar-refractivity contribution in [3.8, 4) is 11.4 Å². The Bertz CT molecular complexity index is 401. The highest BCUT2D eigenvalue weighted by atomic mass is 14.9. The molecule has 0 amide bonds. The van der Waals surface area contributed by atoms with Crippen LogP contribution in [0.3, 0.4) is 0 Å². The van der Waals surface area contributed by atoms with Crippen molar-refractivity contribution in [1.29, 1.82) is 0 Å². The van der Waals surface area contributed by atoms with Crippen LogP contribution in [0.5, 0.6) is 0 Å². The topological polar surface area (TPSA) is 16.8 Å². The first-order valence-corrected chi connectivity index (χ1v) is 4.05. The molecular weight excluding hydrogens is 159 g/mol. The molecule has 60 valence electrons. The molecule has 0 saturated heterocycles. The third kappa shape index (κ3) is 1.59. The van der Waals surface area contributed by atoms with Crippen LogP contribution in [0.2, 0.25) is 0 Å². The van der Waals surface area contributed by atoms with Gasteiger partial charge in [0.1, 0.15) is 11.9 Å². The minimum absolute atomic E-state index is 0.880. The molecular formula is C10H8BN2+. The number of pyridine rings is 2. The van der Waals surface area contributed by atoms with E-state index in [1.165, 1.54) is 0 Å². The molecule has 2 heterocycles. The minimum Gasteiger partial charge on any atom is -0.285 e. The Morgan fingerprint density at radius 1 is 1.08 bits per heavy atom. The van der Waals surface area contributed by atoms with E-state index in [2.05, 4.69) is 4.98 Å². The second-order valence-electron chi connectivity index (χ2n) is 2.71. The monoisotopic (exact) mass is 167 g/mol. The number of aromatic nitrogens is 2. The summed E-state index contributed by atoms with van der Waals surface area (Å²) in [6.45, 7) is 0. The van der Waals surface area contributed by atoms with Crippen LogP contribution < -0.4 is 4.48 Å². The fourth-order valence-corrected chi connectivity index (χ4v) is 1.19. The van der Waals surface area contributed by atoms with Gasteiger partial charge in [-0.25, -0.2) is 4.98 Å². The van der Waals surface area contributed by atoms with Gasteiger partial charge in [-0.3, -0.25) is 4.48 Å². The van der Waals surface area contributed by atoms with Gasteiger partial charge in [-0.15, -0.1) is 0 Å². The number of hydrogen-bond acceptors (Lipinski definition) is 1. The Kier molecular flexibility index (Phi) is 2.09. The highest BCUT2D eigenvalue weighted by molar-refractivity contribution is 5.95. The molecule has 0 aliphatic rings. The molecule has 2 aromatic rings. The van der Waals surface area contributed by atoms with Crippen molar-refractivity contribution in [2.75, 3.05) is 0 Å². The summed E-state index contributed by atoms with van der Waals surface area (Å²) in [6.07, 6.45) is 3.55. The van der Waals surface area contributed by atoms with E-state index in [1.54, 1.807) is 16.9 Å². The lowest BCUT2D eigenvalue weighted by atomic mass is 10.2. The lowest BCUT2D eigenvalue weighted by Crippen LogP contribution is -2.33. The SMILES string of the molecule is [B][n+]1ccccc1-c1ccccn1. The number of rotatable bonds is 1. The molecule has 2 rings (SSSR count). The smallest absolute Gasteiger partial charge is 0.285 e. The number of hydrogen-bond donors (Lipinski definition) is 0. The average molecular weight is 167 g/mol. The largest absolute Gasteiger partial charge is 0.586 e. The van der Waals surface area contributed by atoms with E-state index in [1.807, 2.05) is 36.4 Å². The summed E-state index contributed by atoms with van der Waals surface area (Å²) in [5, 5.41) is 0. The second-order valence-corrected chi connectivity index (χ2v) is 2.71. The van der Waals surface area contributed by atoms with Gasteiger partial charge in [-0.1, -0.05) is 6.07 Å². The van der Waals surface area contributed by atoms with Gasteiger partial charge in [0.05, 0.1) is 0 Å². The highest BCUT2D eigenvalue weighted by Crippen LogP contribution is 2.09. The van der Waals surface area contributed by atoms with Crippen LogP contribution >= 0.6 is 0 Å². The van der Waals surface area contributed by atoms with E-state index in [-0.39, 0.29) is 0 Å². The summed E-state index contributed by atoms with van der Waals surface area (Å²) >= 11 is 0. The summed E-state index contributed by atoms with van der Waals surface area (Å²) in [6, 6.07) is 11.5. The first kappa shape index (κ1) is 7.99. The quantitative estimate of drug-likeness (QED) is 0.578. The van der Waals surface area contributed by atoms with E-state index < -0.39 is 0 Å². The van der Waals surface area contributed by atoms with E-state index >= 15 is 0 Å². The van der Waals surface area contributed by atoms with Crippen molar-refractivity contribution in [2.45, 2.75) is 0 Å². The van der Waals surface area contributed by atoms with Gasteiger partial charge < -0.3 is 0 Å². The van der Waals surface area contributed by atoms with Crippen LogP contribution in [-0.2, 0) is 0 Å². The highest BCUT2D eigenvalue weighted by Gasteiger charge is 2.07. The number of nitrogens with zero attached hydrogens (tertiary/aromatic N) is 2. The molecule has 2 nitrogen and oxygen atoms in total. The summed E-state index contributed by atoms with van der Waals surface area (Å²) in [5.41, 5.74) is 1.79. The van der Waals surface area contributed by atoms with Gasteiger partial charge in [-0.2, -0.15) is 0 Å². The van der Waals surface area contributed by atoms with Crippen molar-refractivity contribution >= 4 is 7.98 Å². The fraction of sp³-hybridized carbons (Fsp3) is 0. The van der Waals surface area contributed by atoms with Gasteiger partial charge in [0.25, 0.3) is 0 Å². The molecule has 0 fully saturated rings. The third-order valence-electron chi connectivity index (χ3n) is 1.82. The van der Waals surface area contributed by atoms with Crippen LogP contribution in [0.4, 0.5) is 0 Å². The zero-order chi connectivity index (χ0) is 9.10. The first-order valence-electron chi connectivity index (χ1n) is 4.05. The van der Waals surface area contributed by atoms with Crippen molar-refractivity contribution < 1.29 is 4.48 Å². The first-order chi connectivity index (χ1) is 6.38. The molecule has 0 spiro atoms. The van der Waals surface area contributed by atoms with E-state index in [0.29, 0.717) is 0 Å². The lowest BCUT2D eigenvalue weighted by molar-refractivity contribution is -0.509. The van der Waals surface area contributed by atoms with Crippen LogP contribution in [0.25, 0.3) is 11.4 Å². The fourth-order valence-electron chi connectivity index (χ4n) is 1.19. The Labute approximate surface area is 78.3 Å². The maximum atomic E-state index is 5.73. The maximum absolute atomic E-state index is 5.73. The molecule has 0 aromatic carbocycles. The van der Waals surface area contributed by atoms with Crippen molar-refractivity contribution in [3.05, 3.63) is 48.8 Å². The molecule has 13 heavy (non-hydrogen) atoms. The Hall–Kier alpha value is -1.64. The molecule has 2 aromatic heterocycles. The zero-order valence-electron chi connectivity index (χ0n) is 7.09. The standard InChI is InChI=1S/C10H8BN2/c11-13-8-4-2-6-10(13)9-5-1-3-7-12-9/h1-8H/q+1. The summed E-state index contributed by atoms with van der Waals surface area (Å²) in [5.74, 6) is 0.